The summed E-state index contributed by atoms with van der Waals surface area (Å²) >= 11 is 1.41. The van der Waals surface area contributed by atoms with Gasteiger partial charge in [0.15, 0.2) is 5.13 Å². The van der Waals surface area contributed by atoms with Crippen molar-refractivity contribution in [2.75, 3.05) is 25.0 Å². The van der Waals surface area contributed by atoms with Crippen LogP contribution in [0.1, 0.15) is 44.7 Å². The van der Waals surface area contributed by atoms with Crippen LogP contribution in [0.4, 0.5) is 5.13 Å². The van der Waals surface area contributed by atoms with Gasteiger partial charge in [-0.3, -0.25) is 24.2 Å². The quantitative estimate of drug-likeness (QED) is 0.779. The Hall–Kier alpha value is -1.80. The summed E-state index contributed by atoms with van der Waals surface area (Å²) in [6.45, 7) is 5.44. The standard InChI is InChI=1S/C17H24N4O3S/c1-12-4-7-20(8-5-12)10-13-11-25-17(18-13)19-14(22)6-9-21-15(23)2-3-16(21)24/h11-12H,2-10H2,1H3,(H,18,19,22). The summed E-state index contributed by atoms with van der Waals surface area (Å²) in [5.41, 5.74) is 0.972. The Morgan fingerprint density at radius 3 is 2.64 bits per heavy atom. The second kappa shape index (κ2) is 8.05. The summed E-state index contributed by atoms with van der Waals surface area (Å²) < 4.78 is 0. The molecule has 7 nitrogen and oxygen atoms in total. The highest BCUT2D eigenvalue weighted by Crippen LogP contribution is 2.21. The van der Waals surface area contributed by atoms with Crippen LogP contribution < -0.4 is 5.32 Å². The number of nitrogens with zero attached hydrogens (tertiary/aromatic N) is 3. The van der Waals surface area contributed by atoms with Crippen LogP contribution in [0.25, 0.3) is 0 Å². The molecule has 1 aromatic heterocycles. The van der Waals surface area contributed by atoms with Crippen LogP contribution >= 0.6 is 11.3 Å². The molecule has 136 valence electrons. The molecule has 1 aromatic rings. The fourth-order valence-corrected chi connectivity index (χ4v) is 3.87. The minimum Gasteiger partial charge on any atom is -0.302 e. The molecule has 0 aromatic carbocycles. The van der Waals surface area contributed by atoms with Crippen molar-refractivity contribution in [2.24, 2.45) is 5.92 Å². The number of imide groups is 1. The summed E-state index contributed by atoms with van der Waals surface area (Å²) in [5, 5.41) is 5.31. The zero-order chi connectivity index (χ0) is 17.8. The molecule has 2 fully saturated rings. The Morgan fingerprint density at radius 2 is 1.96 bits per heavy atom. The van der Waals surface area contributed by atoms with Gasteiger partial charge in [-0.25, -0.2) is 4.98 Å². The van der Waals surface area contributed by atoms with Gasteiger partial charge in [0.2, 0.25) is 17.7 Å². The third-order valence-electron chi connectivity index (χ3n) is 4.78. The van der Waals surface area contributed by atoms with Crippen molar-refractivity contribution in [3.05, 3.63) is 11.1 Å². The minimum absolute atomic E-state index is 0.108. The molecule has 0 saturated carbocycles. The van der Waals surface area contributed by atoms with Gasteiger partial charge in [-0.05, 0) is 31.8 Å². The number of nitrogens with one attached hydrogen (secondary N) is 1. The highest BCUT2D eigenvalue weighted by Gasteiger charge is 2.28. The van der Waals surface area contributed by atoms with Gasteiger partial charge in [0.25, 0.3) is 0 Å². The minimum atomic E-state index is -0.222. The zero-order valence-electron chi connectivity index (χ0n) is 14.5. The number of rotatable bonds is 6. The van der Waals surface area contributed by atoms with Crippen LogP contribution in [0, 0.1) is 5.92 Å². The van der Waals surface area contributed by atoms with E-state index in [-0.39, 0.29) is 43.5 Å². The summed E-state index contributed by atoms with van der Waals surface area (Å²) in [7, 11) is 0. The Morgan fingerprint density at radius 1 is 1.28 bits per heavy atom. The van der Waals surface area contributed by atoms with E-state index < -0.39 is 0 Å². The van der Waals surface area contributed by atoms with E-state index in [1.165, 1.54) is 29.1 Å². The predicted molar refractivity (Wildman–Crippen MR) is 95.0 cm³/mol. The number of anilines is 1. The van der Waals surface area contributed by atoms with E-state index >= 15 is 0 Å². The largest absolute Gasteiger partial charge is 0.302 e. The Balaban J connectivity index is 1.43. The molecule has 2 saturated heterocycles. The molecule has 1 N–H and O–H groups in total. The number of piperidine rings is 1. The lowest BCUT2D eigenvalue weighted by Gasteiger charge is -2.29. The molecule has 0 radical (unpaired) electrons. The van der Waals surface area contributed by atoms with Crippen molar-refractivity contribution in [1.29, 1.82) is 0 Å². The van der Waals surface area contributed by atoms with E-state index in [0.717, 1.165) is 31.2 Å². The second-order valence-corrected chi connectivity index (χ2v) is 7.70. The SMILES string of the molecule is CC1CCN(Cc2csc(NC(=O)CCN3C(=O)CCC3=O)n2)CC1. The monoisotopic (exact) mass is 364 g/mol. The second-order valence-electron chi connectivity index (χ2n) is 6.84. The Labute approximate surface area is 151 Å². The first-order valence-corrected chi connectivity index (χ1v) is 9.69. The molecule has 8 heteroatoms. The van der Waals surface area contributed by atoms with Crippen LogP contribution in [0.3, 0.4) is 0 Å². The molecular weight excluding hydrogens is 340 g/mol. The number of aromatic nitrogens is 1. The first-order chi connectivity index (χ1) is 12.0. The smallest absolute Gasteiger partial charge is 0.229 e. The Kier molecular flexibility index (Phi) is 5.80. The fourth-order valence-electron chi connectivity index (χ4n) is 3.15. The van der Waals surface area contributed by atoms with Crippen LogP contribution in [0.15, 0.2) is 5.38 Å². The predicted octanol–water partition coefficient (Wildman–Crippen LogP) is 1.85. The van der Waals surface area contributed by atoms with E-state index in [2.05, 4.69) is 22.1 Å². The normalized spacial score (nSPS) is 19.6. The maximum atomic E-state index is 12.0. The fraction of sp³-hybridized carbons (Fsp3) is 0.647. The number of carbonyl (C=O) groups excluding carboxylic acids is 3. The zero-order valence-corrected chi connectivity index (χ0v) is 15.3. The van der Waals surface area contributed by atoms with Crippen molar-refractivity contribution in [1.82, 2.24) is 14.8 Å². The molecule has 3 heterocycles. The van der Waals surface area contributed by atoms with E-state index in [1.54, 1.807) is 0 Å². The van der Waals surface area contributed by atoms with Gasteiger partial charge < -0.3 is 5.32 Å². The number of hydrogen-bond donors (Lipinski definition) is 1. The summed E-state index contributed by atoms with van der Waals surface area (Å²) in [6.07, 6.45) is 3.07. The van der Waals surface area contributed by atoms with Gasteiger partial charge >= 0.3 is 0 Å². The van der Waals surface area contributed by atoms with E-state index in [0.29, 0.717) is 5.13 Å². The number of thiazole rings is 1. The summed E-state index contributed by atoms with van der Waals surface area (Å²) in [6, 6.07) is 0. The van der Waals surface area contributed by atoms with E-state index in [4.69, 9.17) is 0 Å². The van der Waals surface area contributed by atoms with Gasteiger partial charge in [-0.1, -0.05) is 6.92 Å². The third kappa shape index (κ3) is 4.85. The maximum Gasteiger partial charge on any atom is 0.229 e. The molecule has 0 unspecified atom stereocenters. The molecule has 2 aliphatic rings. The van der Waals surface area contributed by atoms with Crippen molar-refractivity contribution in [2.45, 2.75) is 45.6 Å². The molecule has 3 rings (SSSR count). The molecule has 0 atom stereocenters. The average Bonchev–Trinajstić information content (AvgIpc) is 3.14. The van der Waals surface area contributed by atoms with Crippen molar-refractivity contribution in [3.8, 4) is 0 Å². The number of likely N-dealkylation sites (tertiary alicyclic amines) is 2. The highest BCUT2D eigenvalue weighted by molar-refractivity contribution is 7.13. The first kappa shape index (κ1) is 18.0. The molecule has 2 aliphatic heterocycles. The number of hydrogen-bond acceptors (Lipinski definition) is 6. The molecular formula is C17H24N4O3S. The first-order valence-electron chi connectivity index (χ1n) is 8.81. The lowest BCUT2D eigenvalue weighted by Crippen LogP contribution is -2.32. The van der Waals surface area contributed by atoms with Crippen molar-refractivity contribution >= 4 is 34.2 Å². The number of amides is 3. The van der Waals surface area contributed by atoms with Crippen LogP contribution in [-0.4, -0.2) is 52.1 Å². The molecule has 3 amide bonds. The number of carbonyl (C=O) groups is 3. The molecule has 25 heavy (non-hydrogen) atoms. The lowest BCUT2D eigenvalue weighted by molar-refractivity contribution is -0.138. The Bertz CT molecular complexity index is 636. The van der Waals surface area contributed by atoms with Crippen LogP contribution in [0.5, 0.6) is 0 Å². The third-order valence-corrected chi connectivity index (χ3v) is 5.58. The lowest BCUT2D eigenvalue weighted by atomic mass is 9.99. The molecule has 0 bridgehead atoms. The highest BCUT2D eigenvalue weighted by atomic mass is 32.1. The van der Waals surface area contributed by atoms with Crippen molar-refractivity contribution < 1.29 is 14.4 Å². The van der Waals surface area contributed by atoms with E-state index in [1.807, 2.05) is 5.38 Å². The van der Waals surface area contributed by atoms with E-state index in [9.17, 15) is 14.4 Å². The van der Waals surface area contributed by atoms with Gasteiger partial charge in [-0.2, -0.15) is 0 Å². The average molecular weight is 364 g/mol. The van der Waals surface area contributed by atoms with Gasteiger partial charge in [-0.15, -0.1) is 11.3 Å². The molecule has 0 spiro atoms. The van der Waals surface area contributed by atoms with Crippen molar-refractivity contribution in [3.63, 3.8) is 0 Å². The van der Waals surface area contributed by atoms with Gasteiger partial charge in [0, 0.05) is 37.7 Å². The van der Waals surface area contributed by atoms with Crippen LogP contribution in [0.2, 0.25) is 0 Å². The topological polar surface area (TPSA) is 82.6 Å². The molecule has 0 aliphatic carbocycles. The maximum absolute atomic E-state index is 12.0. The summed E-state index contributed by atoms with van der Waals surface area (Å²) in [4.78, 5) is 43.1. The van der Waals surface area contributed by atoms with Gasteiger partial charge in [0.05, 0.1) is 5.69 Å². The van der Waals surface area contributed by atoms with Gasteiger partial charge in [0.1, 0.15) is 0 Å². The summed E-state index contributed by atoms with van der Waals surface area (Å²) in [5.74, 6) is 0.200. The van der Waals surface area contributed by atoms with Crippen LogP contribution in [-0.2, 0) is 20.9 Å².